The van der Waals surface area contributed by atoms with Gasteiger partial charge in [-0.05, 0) is 6.07 Å². The summed E-state index contributed by atoms with van der Waals surface area (Å²) in [6.45, 7) is 0. The van der Waals surface area contributed by atoms with Crippen LogP contribution < -0.4 is 5.63 Å². The number of hydrogen-bond acceptors (Lipinski definition) is 2. The largest absolute Gasteiger partial charge is 0.431 e. The van der Waals surface area contributed by atoms with E-state index in [1.807, 2.05) is 0 Å². The molecular formula is C5H4O2Zr. The molecule has 0 amide bonds. The Morgan fingerprint density at radius 1 is 1.38 bits per heavy atom. The van der Waals surface area contributed by atoms with E-state index in [0.29, 0.717) is 0 Å². The van der Waals surface area contributed by atoms with Crippen molar-refractivity contribution >= 4 is 0 Å². The predicted octanol–water partition coefficient (Wildman–Crippen LogP) is 0.637. The fourth-order valence-electron chi connectivity index (χ4n) is 0.325. The Kier molecular flexibility index (Phi) is 3.71. The van der Waals surface area contributed by atoms with E-state index in [-0.39, 0.29) is 31.8 Å². The summed E-state index contributed by atoms with van der Waals surface area (Å²) in [5, 5.41) is 0. The molecule has 0 fully saturated rings. The molecule has 0 saturated carbocycles. The molecule has 1 aromatic rings. The molecule has 2 nitrogen and oxygen atoms in total. The minimum atomic E-state index is -0.303. The topological polar surface area (TPSA) is 30.2 Å². The van der Waals surface area contributed by atoms with E-state index in [1.165, 1.54) is 12.3 Å². The van der Waals surface area contributed by atoms with Gasteiger partial charge in [0, 0.05) is 32.3 Å². The molecule has 0 bridgehead atoms. The quantitative estimate of drug-likeness (QED) is 0.596. The molecular weight excluding hydrogens is 183 g/mol. The molecule has 0 saturated heterocycles. The first kappa shape index (κ1) is 7.83. The van der Waals surface area contributed by atoms with E-state index < -0.39 is 0 Å². The monoisotopic (exact) mass is 186 g/mol. The van der Waals surface area contributed by atoms with Crippen molar-refractivity contribution in [2.75, 3.05) is 0 Å². The average molecular weight is 187 g/mol. The summed E-state index contributed by atoms with van der Waals surface area (Å²) in [6.07, 6.45) is 1.35. The van der Waals surface area contributed by atoms with Gasteiger partial charge in [-0.1, -0.05) is 6.07 Å². The molecule has 0 aliphatic heterocycles. The molecule has 0 aliphatic carbocycles. The van der Waals surface area contributed by atoms with E-state index >= 15 is 0 Å². The van der Waals surface area contributed by atoms with Crippen LogP contribution in [0.15, 0.2) is 33.7 Å². The Bertz CT molecular complexity index is 176. The van der Waals surface area contributed by atoms with Gasteiger partial charge in [0.2, 0.25) is 0 Å². The Balaban J connectivity index is 0.000000490. The molecule has 1 aromatic heterocycles. The minimum Gasteiger partial charge on any atom is -0.431 e. The second-order valence-corrected chi connectivity index (χ2v) is 1.12. The maximum atomic E-state index is 10.1. The third-order valence-electron chi connectivity index (χ3n) is 0.606. The third kappa shape index (κ3) is 2.22. The molecule has 1 heterocycles. The van der Waals surface area contributed by atoms with Crippen LogP contribution in [-0.2, 0) is 26.2 Å². The molecule has 1 rings (SSSR count). The number of rotatable bonds is 0. The molecule has 0 aromatic carbocycles. The van der Waals surface area contributed by atoms with E-state index in [4.69, 9.17) is 0 Å². The summed E-state index contributed by atoms with van der Waals surface area (Å²) in [7, 11) is 0. The van der Waals surface area contributed by atoms with E-state index in [2.05, 4.69) is 4.42 Å². The zero-order chi connectivity index (χ0) is 5.11. The van der Waals surface area contributed by atoms with E-state index in [0.717, 1.165) is 0 Å². The van der Waals surface area contributed by atoms with Crippen LogP contribution in [0.2, 0.25) is 0 Å². The van der Waals surface area contributed by atoms with Crippen LogP contribution in [0.1, 0.15) is 0 Å². The summed E-state index contributed by atoms with van der Waals surface area (Å²) in [5.41, 5.74) is -0.303. The van der Waals surface area contributed by atoms with Gasteiger partial charge in [-0.25, -0.2) is 4.79 Å². The third-order valence-corrected chi connectivity index (χ3v) is 0.606. The maximum Gasteiger partial charge on any atom is 0.335 e. The normalized spacial score (nSPS) is 7.50. The van der Waals surface area contributed by atoms with Gasteiger partial charge in [-0.2, -0.15) is 0 Å². The van der Waals surface area contributed by atoms with Crippen molar-refractivity contribution < 1.29 is 30.6 Å². The van der Waals surface area contributed by atoms with Crippen molar-refractivity contribution in [1.29, 1.82) is 0 Å². The molecule has 0 atom stereocenters. The molecule has 8 heavy (non-hydrogen) atoms. The predicted molar refractivity (Wildman–Crippen MR) is 25.0 cm³/mol. The summed E-state index contributed by atoms with van der Waals surface area (Å²) < 4.78 is 4.37. The second kappa shape index (κ2) is 3.79. The van der Waals surface area contributed by atoms with Gasteiger partial charge in [0.05, 0.1) is 6.26 Å². The van der Waals surface area contributed by atoms with E-state index in [1.54, 1.807) is 12.1 Å². The van der Waals surface area contributed by atoms with Gasteiger partial charge >= 0.3 is 5.63 Å². The second-order valence-electron chi connectivity index (χ2n) is 1.12. The first-order valence-corrected chi connectivity index (χ1v) is 1.93. The first-order valence-electron chi connectivity index (χ1n) is 1.93. The van der Waals surface area contributed by atoms with Crippen molar-refractivity contribution in [1.82, 2.24) is 0 Å². The van der Waals surface area contributed by atoms with Crippen molar-refractivity contribution in [3.05, 3.63) is 34.9 Å². The van der Waals surface area contributed by atoms with Crippen LogP contribution in [-0.4, -0.2) is 0 Å². The van der Waals surface area contributed by atoms with Gasteiger partial charge in [-0.15, -0.1) is 0 Å². The minimum absolute atomic E-state index is 0. The van der Waals surface area contributed by atoms with Gasteiger partial charge in [-0.3, -0.25) is 0 Å². The zero-order valence-corrected chi connectivity index (χ0v) is 6.58. The van der Waals surface area contributed by atoms with Crippen LogP contribution >= 0.6 is 0 Å². The van der Waals surface area contributed by atoms with Gasteiger partial charge in [0.15, 0.2) is 0 Å². The van der Waals surface area contributed by atoms with Crippen LogP contribution in [0.5, 0.6) is 0 Å². The molecule has 40 valence electrons. The van der Waals surface area contributed by atoms with Gasteiger partial charge in [0.25, 0.3) is 0 Å². The van der Waals surface area contributed by atoms with E-state index in [9.17, 15) is 4.79 Å². The maximum absolute atomic E-state index is 10.1. The van der Waals surface area contributed by atoms with Crippen LogP contribution in [0.25, 0.3) is 0 Å². The van der Waals surface area contributed by atoms with Gasteiger partial charge in [0.1, 0.15) is 0 Å². The molecule has 3 heteroatoms. The van der Waals surface area contributed by atoms with Gasteiger partial charge < -0.3 is 4.42 Å². The van der Waals surface area contributed by atoms with Crippen molar-refractivity contribution in [3.63, 3.8) is 0 Å². The first-order chi connectivity index (χ1) is 3.39. The Labute approximate surface area is 65.6 Å². The molecule has 0 unspecified atom stereocenters. The fourth-order valence-corrected chi connectivity index (χ4v) is 0.325. The SMILES string of the molecule is O=c1cccco1.[Zr]. The van der Waals surface area contributed by atoms with Crippen LogP contribution in [0.4, 0.5) is 0 Å². The molecule has 0 radical (unpaired) electrons. The Morgan fingerprint density at radius 3 is 2.38 bits per heavy atom. The molecule has 0 spiro atoms. The Hall–Kier alpha value is -0.167. The average Bonchev–Trinajstić information content (AvgIpc) is 1.69. The standard InChI is InChI=1S/C5H4O2.Zr/c6-5-3-1-2-4-7-5;/h1-4H;. The fraction of sp³-hybridized carbons (Fsp3) is 0. The molecule has 0 N–H and O–H groups in total. The number of hydrogen-bond donors (Lipinski definition) is 0. The summed E-state index contributed by atoms with van der Waals surface area (Å²) in [6, 6.07) is 4.65. The summed E-state index contributed by atoms with van der Waals surface area (Å²) >= 11 is 0. The summed E-state index contributed by atoms with van der Waals surface area (Å²) in [4.78, 5) is 10.1. The Morgan fingerprint density at radius 2 is 2.12 bits per heavy atom. The summed E-state index contributed by atoms with van der Waals surface area (Å²) in [5.74, 6) is 0. The van der Waals surface area contributed by atoms with Crippen molar-refractivity contribution in [2.24, 2.45) is 0 Å². The van der Waals surface area contributed by atoms with Crippen molar-refractivity contribution in [2.45, 2.75) is 0 Å². The van der Waals surface area contributed by atoms with Crippen LogP contribution in [0.3, 0.4) is 0 Å². The smallest absolute Gasteiger partial charge is 0.335 e. The molecule has 0 aliphatic rings. The van der Waals surface area contributed by atoms with Crippen LogP contribution in [0, 0.1) is 0 Å². The van der Waals surface area contributed by atoms with Crippen molar-refractivity contribution in [3.8, 4) is 0 Å². The zero-order valence-electron chi connectivity index (χ0n) is 4.13.